The molecule has 7 fully saturated rings. The van der Waals surface area contributed by atoms with Crippen LogP contribution in [0.5, 0.6) is 0 Å². The predicted octanol–water partition coefficient (Wildman–Crippen LogP) is 5.93. The Bertz CT molecular complexity index is 755. The van der Waals surface area contributed by atoms with E-state index in [1.807, 2.05) is 0 Å². The third-order valence-electron chi connectivity index (χ3n) is 11.4. The van der Waals surface area contributed by atoms with Crippen molar-refractivity contribution >= 4 is 14.1 Å². The van der Waals surface area contributed by atoms with Gasteiger partial charge in [0.15, 0.2) is 14.1 Å². The fourth-order valence-electron chi connectivity index (χ4n) is 9.11. The van der Waals surface area contributed by atoms with Gasteiger partial charge in [-0.3, -0.25) is 4.79 Å². The van der Waals surface area contributed by atoms with Crippen molar-refractivity contribution in [3.8, 4) is 0 Å². The van der Waals surface area contributed by atoms with Gasteiger partial charge in [0, 0.05) is 30.1 Å². The molecule has 2 heterocycles. The van der Waals surface area contributed by atoms with E-state index in [0.717, 1.165) is 55.8 Å². The van der Waals surface area contributed by atoms with Crippen molar-refractivity contribution in [2.75, 3.05) is 0 Å². The number of rotatable bonds is 2. The standard InChI is InChI=1S/C25H40O3Si/c1-22(2,3)29(5,6)28-24-13-15-7-8-16-17-9-10-20(26)23(17,4)12-11-18(16)25(15)19(14-24)21(25)27-24/h15-19,21H,7-14H2,1-6H3/t15?,16-,17-,18-,19-,21-,23-,24+,25?/m0/s1. The first kappa shape index (κ1) is 19.5. The van der Waals surface area contributed by atoms with Gasteiger partial charge in [0.25, 0.3) is 0 Å². The third-order valence-corrected chi connectivity index (χ3v) is 15.9. The molecule has 4 heteroatoms. The molecule has 5 saturated carbocycles. The number of carbonyl (C=O) groups excluding carboxylic acids is 1. The quantitative estimate of drug-likeness (QED) is 0.523. The second-order valence-corrected chi connectivity index (χ2v) is 18.1. The first-order valence-corrected chi connectivity index (χ1v) is 15.3. The number of hydrogen-bond donors (Lipinski definition) is 0. The molecular weight excluding hydrogens is 376 g/mol. The minimum absolute atomic E-state index is 0.000626. The van der Waals surface area contributed by atoms with E-state index in [9.17, 15) is 4.79 Å². The minimum atomic E-state index is -1.84. The molecule has 5 aliphatic carbocycles. The minimum Gasteiger partial charge on any atom is -0.390 e. The van der Waals surface area contributed by atoms with Gasteiger partial charge in [0.05, 0.1) is 6.10 Å². The maximum absolute atomic E-state index is 12.7. The first-order chi connectivity index (χ1) is 13.4. The van der Waals surface area contributed by atoms with Crippen LogP contribution >= 0.6 is 0 Å². The van der Waals surface area contributed by atoms with Gasteiger partial charge in [-0.25, -0.2) is 0 Å². The zero-order valence-electron chi connectivity index (χ0n) is 19.3. The van der Waals surface area contributed by atoms with E-state index in [0.29, 0.717) is 23.2 Å². The van der Waals surface area contributed by atoms with Crippen molar-refractivity contribution in [3.05, 3.63) is 0 Å². The highest BCUT2D eigenvalue weighted by Crippen LogP contribution is 2.82. The number of Topliss-reactive ketones (excluding diaryl/α,β-unsaturated/α-hetero) is 1. The molecule has 9 atom stereocenters. The fraction of sp³-hybridized carbons (Fsp3) is 0.960. The molecule has 0 aromatic heterocycles. The van der Waals surface area contributed by atoms with Gasteiger partial charge >= 0.3 is 0 Å². The summed E-state index contributed by atoms with van der Waals surface area (Å²) in [7, 11) is -1.84. The van der Waals surface area contributed by atoms with Crippen molar-refractivity contribution in [3.63, 3.8) is 0 Å². The molecule has 0 radical (unpaired) electrons. The molecule has 7 aliphatic rings. The van der Waals surface area contributed by atoms with Gasteiger partial charge in [0.1, 0.15) is 5.78 Å². The number of fused-ring (bicyclic) bond motifs is 3. The van der Waals surface area contributed by atoms with Gasteiger partial charge in [-0.05, 0) is 79.8 Å². The predicted molar refractivity (Wildman–Crippen MR) is 116 cm³/mol. The van der Waals surface area contributed by atoms with Crippen LogP contribution in [0.4, 0.5) is 0 Å². The van der Waals surface area contributed by atoms with Gasteiger partial charge in [-0.1, -0.05) is 27.7 Å². The lowest BCUT2D eigenvalue weighted by molar-refractivity contribution is -0.260. The lowest BCUT2D eigenvalue weighted by atomic mass is 9.48. The summed E-state index contributed by atoms with van der Waals surface area (Å²) in [6.45, 7) is 14.1. The van der Waals surface area contributed by atoms with Gasteiger partial charge in [-0.15, -0.1) is 0 Å². The normalized spacial score (nSPS) is 55.3. The van der Waals surface area contributed by atoms with Crippen molar-refractivity contribution in [2.45, 2.75) is 109 Å². The number of ketones is 1. The van der Waals surface area contributed by atoms with Gasteiger partial charge in [0.2, 0.25) is 0 Å². The Kier molecular flexibility index (Phi) is 3.63. The molecule has 2 unspecified atom stereocenters. The van der Waals surface area contributed by atoms with Gasteiger partial charge < -0.3 is 9.16 Å². The highest BCUT2D eigenvalue weighted by Gasteiger charge is 2.84. The number of carbonyl (C=O) groups is 1. The third kappa shape index (κ3) is 2.20. The maximum atomic E-state index is 12.7. The molecule has 0 amide bonds. The molecule has 2 aliphatic heterocycles. The highest BCUT2D eigenvalue weighted by molar-refractivity contribution is 6.74. The maximum Gasteiger partial charge on any atom is 0.195 e. The van der Waals surface area contributed by atoms with Crippen LogP contribution in [-0.2, 0) is 14.0 Å². The van der Waals surface area contributed by atoms with E-state index in [4.69, 9.17) is 9.16 Å². The summed E-state index contributed by atoms with van der Waals surface area (Å²) in [4.78, 5) is 12.7. The van der Waals surface area contributed by atoms with Crippen molar-refractivity contribution in [1.29, 1.82) is 0 Å². The molecule has 0 aromatic rings. The number of hydrogen-bond acceptors (Lipinski definition) is 3. The Morgan fingerprint density at radius 2 is 1.79 bits per heavy atom. The summed E-state index contributed by atoms with van der Waals surface area (Å²) in [6, 6.07) is 0. The van der Waals surface area contributed by atoms with Crippen molar-refractivity contribution in [1.82, 2.24) is 0 Å². The van der Waals surface area contributed by atoms with E-state index >= 15 is 0 Å². The van der Waals surface area contributed by atoms with Crippen LogP contribution in [0.15, 0.2) is 0 Å². The summed E-state index contributed by atoms with van der Waals surface area (Å²) >= 11 is 0. The van der Waals surface area contributed by atoms with Crippen LogP contribution in [0.1, 0.15) is 79.1 Å². The average Bonchev–Trinajstić information content (AvgIpc) is 2.92. The summed E-state index contributed by atoms with van der Waals surface area (Å²) in [6.07, 6.45) is 9.84. The molecule has 162 valence electrons. The lowest BCUT2D eigenvalue weighted by Crippen LogP contribution is -2.59. The van der Waals surface area contributed by atoms with Gasteiger partial charge in [-0.2, -0.15) is 0 Å². The largest absolute Gasteiger partial charge is 0.390 e. The summed E-state index contributed by atoms with van der Waals surface area (Å²) in [5.41, 5.74) is 0.452. The van der Waals surface area contributed by atoms with Crippen LogP contribution < -0.4 is 0 Å². The molecule has 4 bridgehead atoms. The molecule has 0 N–H and O–H groups in total. The van der Waals surface area contributed by atoms with E-state index in [-0.39, 0.29) is 16.2 Å². The van der Waals surface area contributed by atoms with E-state index in [1.54, 1.807) is 0 Å². The molecule has 2 saturated heterocycles. The van der Waals surface area contributed by atoms with E-state index in [2.05, 4.69) is 40.8 Å². The van der Waals surface area contributed by atoms with E-state index < -0.39 is 8.32 Å². The Morgan fingerprint density at radius 3 is 2.45 bits per heavy atom. The molecule has 29 heavy (non-hydrogen) atoms. The molecule has 3 nitrogen and oxygen atoms in total. The topological polar surface area (TPSA) is 35.5 Å². The Labute approximate surface area is 177 Å². The molecule has 0 aromatic carbocycles. The van der Waals surface area contributed by atoms with Crippen molar-refractivity contribution in [2.24, 2.45) is 40.4 Å². The smallest absolute Gasteiger partial charge is 0.195 e. The Morgan fingerprint density at radius 1 is 1.03 bits per heavy atom. The lowest BCUT2D eigenvalue weighted by Gasteiger charge is -2.59. The monoisotopic (exact) mass is 416 g/mol. The van der Waals surface area contributed by atoms with Crippen LogP contribution in [0, 0.1) is 40.4 Å². The number of ether oxygens (including phenoxy) is 1. The van der Waals surface area contributed by atoms with Crippen molar-refractivity contribution < 1.29 is 14.0 Å². The first-order valence-electron chi connectivity index (χ1n) is 12.4. The summed E-state index contributed by atoms with van der Waals surface area (Å²) in [5, 5.41) is 0.229. The Hall–Kier alpha value is -0.193. The second kappa shape index (κ2) is 5.40. The van der Waals surface area contributed by atoms with Crippen LogP contribution in [0.2, 0.25) is 18.1 Å². The fourth-order valence-corrected chi connectivity index (χ4v) is 10.6. The second-order valence-electron chi connectivity index (χ2n) is 13.4. The van der Waals surface area contributed by atoms with Crippen LogP contribution in [-0.4, -0.2) is 26.0 Å². The van der Waals surface area contributed by atoms with Crippen LogP contribution in [0.25, 0.3) is 0 Å². The summed E-state index contributed by atoms with van der Waals surface area (Å²) < 4.78 is 13.9. The Balaban J connectivity index is 1.27. The zero-order valence-corrected chi connectivity index (χ0v) is 20.3. The van der Waals surface area contributed by atoms with Crippen LogP contribution in [0.3, 0.4) is 0 Å². The highest BCUT2D eigenvalue weighted by atomic mass is 28.4. The molecular formula is C25H40O3Si. The molecule has 7 rings (SSSR count). The SMILES string of the molecule is CC(C)(C)[Si](C)(C)O[C@]12CC3CC[C@@H]4[C@H](CC[C@]5(C)C(=O)CC[C@@H]45)C34[C@@H](C1)[C@@H]4O2. The summed E-state index contributed by atoms with van der Waals surface area (Å²) in [5.74, 6) is 4.07. The zero-order chi connectivity index (χ0) is 20.6. The van der Waals surface area contributed by atoms with E-state index in [1.165, 1.54) is 19.3 Å². The average molecular weight is 417 g/mol. The molecule has 1 spiro atoms.